The van der Waals surface area contributed by atoms with E-state index in [1.54, 1.807) is 36.5 Å². The molecular weight excluding hydrogens is 324 g/mol. The Kier molecular flexibility index (Phi) is 4.95. The predicted octanol–water partition coefficient (Wildman–Crippen LogP) is 2.55. The number of nitrogen functional groups attached to an aromatic ring is 1. The van der Waals surface area contributed by atoms with Gasteiger partial charge in [0, 0.05) is 16.4 Å². The first-order valence-electron chi connectivity index (χ1n) is 5.88. The van der Waals surface area contributed by atoms with Gasteiger partial charge in [0.05, 0.1) is 5.69 Å². The minimum absolute atomic E-state index is 0.122. The Bertz CT molecular complexity index is 518. The molecule has 0 saturated heterocycles. The van der Waals surface area contributed by atoms with Crippen molar-refractivity contribution in [2.24, 2.45) is 0 Å². The molecule has 0 aliphatic rings. The standard InChI is InChI=1S/C14H13BrN2O3/c15-10-1-4-12(17-7-10)8-20-14(18)9-19-13-5-2-11(16)3-6-13/h1-7H,8-9,16H2. The Hall–Kier alpha value is -2.08. The van der Waals surface area contributed by atoms with Crippen LogP contribution in [0, 0.1) is 0 Å². The Labute approximate surface area is 124 Å². The molecule has 0 fully saturated rings. The molecule has 1 aromatic heterocycles. The third-order valence-electron chi connectivity index (χ3n) is 2.41. The number of anilines is 1. The first-order chi connectivity index (χ1) is 9.63. The molecule has 2 rings (SSSR count). The number of carbonyl (C=O) groups excluding carboxylic acids is 1. The quantitative estimate of drug-likeness (QED) is 0.670. The Balaban J connectivity index is 1.75. The summed E-state index contributed by atoms with van der Waals surface area (Å²) in [4.78, 5) is 15.6. The minimum atomic E-state index is -0.452. The number of esters is 1. The number of aromatic nitrogens is 1. The monoisotopic (exact) mass is 336 g/mol. The van der Waals surface area contributed by atoms with Crippen molar-refractivity contribution in [3.8, 4) is 5.75 Å². The van der Waals surface area contributed by atoms with Gasteiger partial charge in [0.25, 0.3) is 0 Å². The largest absolute Gasteiger partial charge is 0.482 e. The van der Waals surface area contributed by atoms with Gasteiger partial charge in [0.1, 0.15) is 12.4 Å². The van der Waals surface area contributed by atoms with Gasteiger partial charge in [0.2, 0.25) is 0 Å². The molecule has 1 heterocycles. The summed E-state index contributed by atoms with van der Waals surface area (Å²) in [7, 11) is 0. The van der Waals surface area contributed by atoms with Crippen LogP contribution in [0.4, 0.5) is 5.69 Å². The molecule has 0 amide bonds. The van der Waals surface area contributed by atoms with Crippen LogP contribution in [-0.4, -0.2) is 17.6 Å². The summed E-state index contributed by atoms with van der Waals surface area (Å²) in [5.41, 5.74) is 6.86. The average molecular weight is 337 g/mol. The van der Waals surface area contributed by atoms with Gasteiger partial charge in [-0.15, -0.1) is 0 Å². The lowest BCUT2D eigenvalue weighted by Crippen LogP contribution is -2.15. The van der Waals surface area contributed by atoms with Gasteiger partial charge in [-0.25, -0.2) is 4.79 Å². The maximum absolute atomic E-state index is 11.5. The van der Waals surface area contributed by atoms with E-state index in [4.69, 9.17) is 15.2 Å². The van der Waals surface area contributed by atoms with Crippen molar-refractivity contribution >= 4 is 27.6 Å². The molecule has 0 spiro atoms. The highest BCUT2D eigenvalue weighted by molar-refractivity contribution is 9.10. The van der Waals surface area contributed by atoms with Crippen LogP contribution in [0.3, 0.4) is 0 Å². The van der Waals surface area contributed by atoms with Crippen molar-refractivity contribution in [1.29, 1.82) is 0 Å². The highest BCUT2D eigenvalue weighted by Crippen LogP contribution is 2.13. The summed E-state index contributed by atoms with van der Waals surface area (Å²) in [6.07, 6.45) is 1.65. The Morgan fingerprint density at radius 3 is 2.60 bits per heavy atom. The maximum atomic E-state index is 11.5. The summed E-state index contributed by atoms with van der Waals surface area (Å²) in [6, 6.07) is 10.4. The Morgan fingerprint density at radius 1 is 1.20 bits per heavy atom. The van der Waals surface area contributed by atoms with E-state index < -0.39 is 5.97 Å². The molecule has 20 heavy (non-hydrogen) atoms. The molecule has 6 heteroatoms. The number of hydrogen-bond donors (Lipinski definition) is 1. The summed E-state index contributed by atoms with van der Waals surface area (Å²) in [5.74, 6) is 0.115. The molecule has 0 aliphatic heterocycles. The number of carbonyl (C=O) groups is 1. The number of nitrogens with zero attached hydrogens (tertiary/aromatic N) is 1. The molecule has 0 bridgehead atoms. The van der Waals surface area contributed by atoms with Crippen LogP contribution >= 0.6 is 15.9 Å². The second-order valence-corrected chi connectivity index (χ2v) is 4.90. The third-order valence-corrected chi connectivity index (χ3v) is 2.88. The number of hydrogen-bond acceptors (Lipinski definition) is 5. The van der Waals surface area contributed by atoms with Crippen molar-refractivity contribution < 1.29 is 14.3 Å². The molecular formula is C14H13BrN2O3. The maximum Gasteiger partial charge on any atom is 0.344 e. The molecule has 2 N–H and O–H groups in total. The number of nitrogens with two attached hydrogens (primary N) is 1. The van der Waals surface area contributed by atoms with Gasteiger partial charge in [0.15, 0.2) is 6.61 Å². The number of pyridine rings is 1. The van der Waals surface area contributed by atoms with Crippen molar-refractivity contribution in [3.05, 3.63) is 52.8 Å². The SMILES string of the molecule is Nc1ccc(OCC(=O)OCc2ccc(Br)cn2)cc1. The zero-order valence-electron chi connectivity index (χ0n) is 10.6. The first-order valence-corrected chi connectivity index (χ1v) is 6.67. The van der Waals surface area contributed by atoms with Crippen LogP contribution in [0.15, 0.2) is 47.1 Å². The molecule has 0 atom stereocenters. The van der Waals surface area contributed by atoms with E-state index >= 15 is 0 Å². The molecule has 1 aromatic carbocycles. The Morgan fingerprint density at radius 2 is 1.95 bits per heavy atom. The molecule has 0 radical (unpaired) electrons. The average Bonchev–Trinajstić information content (AvgIpc) is 2.46. The lowest BCUT2D eigenvalue weighted by molar-refractivity contribution is -0.147. The highest BCUT2D eigenvalue weighted by Gasteiger charge is 2.05. The van der Waals surface area contributed by atoms with E-state index in [0.29, 0.717) is 17.1 Å². The van der Waals surface area contributed by atoms with E-state index in [9.17, 15) is 4.79 Å². The van der Waals surface area contributed by atoms with Gasteiger partial charge >= 0.3 is 5.97 Å². The topological polar surface area (TPSA) is 74.4 Å². The zero-order chi connectivity index (χ0) is 14.4. The zero-order valence-corrected chi connectivity index (χ0v) is 12.2. The van der Waals surface area contributed by atoms with Crippen LogP contribution in [0.25, 0.3) is 0 Å². The second kappa shape index (κ2) is 6.91. The molecule has 104 valence electrons. The van der Waals surface area contributed by atoms with Gasteiger partial charge < -0.3 is 15.2 Å². The predicted molar refractivity (Wildman–Crippen MR) is 78.1 cm³/mol. The van der Waals surface area contributed by atoms with E-state index in [2.05, 4.69) is 20.9 Å². The lowest BCUT2D eigenvalue weighted by atomic mass is 10.3. The third kappa shape index (κ3) is 4.55. The fourth-order valence-corrected chi connectivity index (χ4v) is 1.63. The second-order valence-electron chi connectivity index (χ2n) is 3.99. The number of ether oxygens (including phenoxy) is 2. The molecule has 0 saturated carbocycles. The smallest absolute Gasteiger partial charge is 0.344 e. The van der Waals surface area contributed by atoms with E-state index in [0.717, 1.165) is 4.47 Å². The van der Waals surface area contributed by atoms with E-state index in [1.165, 1.54) is 0 Å². The van der Waals surface area contributed by atoms with Gasteiger partial charge in [-0.05, 0) is 52.3 Å². The summed E-state index contributed by atoms with van der Waals surface area (Å²) < 4.78 is 11.2. The normalized spacial score (nSPS) is 10.1. The fraction of sp³-hybridized carbons (Fsp3) is 0.143. The lowest BCUT2D eigenvalue weighted by Gasteiger charge is -2.07. The summed E-state index contributed by atoms with van der Waals surface area (Å²) in [6.45, 7) is -0.0301. The van der Waals surface area contributed by atoms with E-state index in [-0.39, 0.29) is 13.2 Å². The molecule has 5 nitrogen and oxygen atoms in total. The van der Waals surface area contributed by atoms with Crippen LogP contribution in [-0.2, 0) is 16.1 Å². The van der Waals surface area contributed by atoms with Crippen molar-refractivity contribution in [1.82, 2.24) is 4.98 Å². The van der Waals surface area contributed by atoms with Crippen LogP contribution in [0.5, 0.6) is 5.75 Å². The van der Waals surface area contributed by atoms with E-state index in [1.807, 2.05) is 6.07 Å². The van der Waals surface area contributed by atoms with Gasteiger partial charge in [-0.2, -0.15) is 0 Å². The molecule has 0 unspecified atom stereocenters. The van der Waals surface area contributed by atoms with Crippen LogP contribution in [0.1, 0.15) is 5.69 Å². The number of rotatable bonds is 5. The van der Waals surface area contributed by atoms with Crippen molar-refractivity contribution in [2.45, 2.75) is 6.61 Å². The number of benzene rings is 1. The number of halogens is 1. The summed E-state index contributed by atoms with van der Waals surface area (Å²) >= 11 is 3.28. The van der Waals surface area contributed by atoms with Crippen LogP contribution in [0.2, 0.25) is 0 Å². The van der Waals surface area contributed by atoms with Gasteiger partial charge in [-0.3, -0.25) is 4.98 Å². The van der Waals surface area contributed by atoms with Crippen molar-refractivity contribution in [3.63, 3.8) is 0 Å². The van der Waals surface area contributed by atoms with Crippen molar-refractivity contribution in [2.75, 3.05) is 12.3 Å². The van der Waals surface area contributed by atoms with Crippen LogP contribution < -0.4 is 10.5 Å². The molecule has 2 aromatic rings. The minimum Gasteiger partial charge on any atom is -0.482 e. The fourth-order valence-electron chi connectivity index (χ4n) is 1.39. The van der Waals surface area contributed by atoms with Gasteiger partial charge in [-0.1, -0.05) is 0 Å². The highest BCUT2D eigenvalue weighted by atomic mass is 79.9. The molecule has 0 aliphatic carbocycles. The first kappa shape index (κ1) is 14.3. The summed E-state index contributed by atoms with van der Waals surface area (Å²) in [5, 5.41) is 0.